The van der Waals surface area contributed by atoms with Gasteiger partial charge in [-0.15, -0.1) is 8.19 Å². The van der Waals surface area contributed by atoms with E-state index in [0.717, 1.165) is 8.19 Å². The van der Waals surface area contributed by atoms with E-state index in [1.165, 1.54) is 0 Å². The van der Waals surface area contributed by atoms with Crippen molar-refractivity contribution in [2.75, 3.05) is 0 Å². The molecule has 0 fully saturated rings. The maximum atomic E-state index is 2.24. The summed E-state index contributed by atoms with van der Waals surface area (Å²) < 4.78 is 0. The smallest absolute Gasteiger partial charge is 0.0239 e. The first-order valence-electron chi connectivity index (χ1n) is 3.45. The lowest BCUT2D eigenvalue weighted by Gasteiger charge is -1.99. The molecular formula is C9H9P. The van der Waals surface area contributed by atoms with Crippen molar-refractivity contribution in [2.45, 2.75) is 5.92 Å². The lowest BCUT2D eigenvalue weighted by atomic mass is 10.1. The summed E-state index contributed by atoms with van der Waals surface area (Å²) >= 11 is 0. The molecule has 50 valence electrons. The molecule has 1 heterocycles. The first-order chi connectivity index (χ1) is 4.97. The third-order valence-corrected chi connectivity index (χ3v) is 2.92. The van der Waals surface area contributed by atoms with Crippen molar-refractivity contribution in [3.8, 4) is 0 Å². The monoisotopic (exact) mass is 148 g/mol. The van der Waals surface area contributed by atoms with Crippen molar-refractivity contribution in [3.63, 3.8) is 0 Å². The van der Waals surface area contributed by atoms with Crippen LogP contribution in [0.3, 0.4) is 0 Å². The van der Waals surface area contributed by atoms with Crippen LogP contribution in [0, 0.1) is 0 Å². The zero-order valence-electron chi connectivity index (χ0n) is 5.62. The minimum Gasteiger partial charge on any atom is -0.136 e. The van der Waals surface area contributed by atoms with Gasteiger partial charge in [-0.25, -0.2) is 0 Å². The largest absolute Gasteiger partial charge is 0.136 e. The molecule has 1 unspecified atom stereocenters. The molecule has 10 heavy (non-hydrogen) atoms. The van der Waals surface area contributed by atoms with E-state index in [4.69, 9.17) is 0 Å². The van der Waals surface area contributed by atoms with Gasteiger partial charge < -0.3 is 0 Å². The summed E-state index contributed by atoms with van der Waals surface area (Å²) in [4.78, 5) is 0. The average Bonchev–Trinajstić information content (AvgIpc) is 2.59. The second-order valence-electron chi connectivity index (χ2n) is 2.42. The molecule has 1 aromatic rings. The third-order valence-electron chi connectivity index (χ3n) is 1.73. The lowest BCUT2D eigenvalue weighted by Crippen LogP contribution is -1.79. The van der Waals surface area contributed by atoms with Gasteiger partial charge in [0.15, 0.2) is 0 Å². The van der Waals surface area contributed by atoms with Crippen LogP contribution in [0.25, 0.3) is 0 Å². The quantitative estimate of drug-likeness (QED) is 0.574. The number of rotatable bonds is 1. The standard InChI is InChI=1S/C9H9P/c1-2-5-8(4-1)9-6-3-7-10-9/h1-8,10H. The average molecular weight is 148 g/mol. The highest BCUT2D eigenvalue weighted by Crippen LogP contribution is 2.29. The van der Waals surface area contributed by atoms with Crippen LogP contribution < -0.4 is 0 Å². The Morgan fingerprint density at radius 3 is 2.60 bits per heavy atom. The Labute approximate surface area is 62.4 Å². The third kappa shape index (κ3) is 0.955. The van der Waals surface area contributed by atoms with Crippen LogP contribution in [-0.2, 0) is 0 Å². The van der Waals surface area contributed by atoms with Crippen molar-refractivity contribution in [2.24, 2.45) is 0 Å². The summed E-state index contributed by atoms with van der Waals surface area (Å²) in [6.07, 6.45) is 8.72. The van der Waals surface area contributed by atoms with Crippen LogP contribution in [0.5, 0.6) is 0 Å². The molecule has 0 radical (unpaired) electrons. The van der Waals surface area contributed by atoms with Gasteiger partial charge in [-0.3, -0.25) is 0 Å². The molecule has 1 atom stereocenters. The number of hydrogen-bond acceptors (Lipinski definition) is 0. The highest BCUT2D eigenvalue weighted by molar-refractivity contribution is 7.30. The van der Waals surface area contributed by atoms with Gasteiger partial charge in [0.1, 0.15) is 0 Å². The molecule has 1 heteroatoms. The van der Waals surface area contributed by atoms with E-state index >= 15 is 0 Å². The van der Waals surface area contributed by atoms with Crippen molar-refractivity contribution in [1.29, 1.82) is 0 Å². The molecule has 0 saturated heterocycles. The fraction of sp³-hybridized carbons (Fsp3) is 0.111. The number of hydrogen-bond donors (Lipinski definition) is 0. The van der Waals surface area contributed by atoms with E-state index in [2.05, 4.69) is 42.2 Å². The highest BCUT2D eigenvalue weighted by Gasteiger charge is 2.04. The molecule has 0 saturated carbocycles. The molecule has 2 rings (SSSR count). The minimum absolute atomic E-state index is 0.605. The molecule has 1 aliphatic rings. The van der Waals surface area contributed by atoms with Gasteiger partial charge in [-0.1, -0.05) is 36.4 Å². The van der Waals surface area contributed by atoms with E-state index in [9.17, 15) is 0 Å². The summed E-state index contributed by atoms with van der Waals surface area (Å²) in [5.41, 5.74) is 0. The summed E-state index contributed by atoms with van der Waals surface area (Å²) in [7, 11) is 0.912. The predicted molar refractivity (Wildman–Crippen MR) is 47.0 cm³/mol. The molecule has 0 bridgehead atoms. The lowest BCUT2D eigenvalue weighted by molar-refractivity contribution is 1.15. The molecule has 1 aliphatic carbocycles. The van der Waals surface area contributed by atoms with E-state index in [-0.39, 0.29) is 0 Å². The Hall–Kier alpha value is -0.740. The Morgan fingerprint density at radius 2 is 2.00 bits per heavy atom. The van der Waals surface area contributed by atoms with Crippen LogP contribution in [-0.4, -0.2) is 0 Å². The normalized spacial score (nSPS) is 17.6. The zero-order valence-corrected chi connectivity index (χ0v) is 6.62. The van der Waals surface area contributed by atoms with Crippen LogP contribution in [0.4, 0.5) is 0 Å². The molecule has 0 spiro atoms. The molecule has 0 aromatic carbocycles. The van der Waals surface area contributed by atoms with Crippen LogP contribution in [0.1, 0.15) is 11.2 Å². The Balaban J connectivity index is 2.29. The molecule has 0 N–H and O–H groups in total. The first kappa shape index (κ1) is 6.00. The van der Waals surface area contributed by atoms with Gasteiger partial charge in [0.25, 0.3) is 0 Å². The molecule has 1 aromatic heterocycles. The fourth-order valence-corrected chi connectivity index (χ4v) is 2.15. The van der Waals surface area contributed by atoms with E-state index in [1.54, 1.807) is 5.30 Å². The van der Waals surface area contributed by atoms with Crippen molar-refractivity contribution < 1.29 is 0 Å². The Morgan fingerprint density at radius 1 is 1.20 bits per heavy atom. The Bertz CT molecular complexity index is 242. The molecule has 0 nitrogen and oxygen atoms in total. The summed E-state index contributed by atoms with van der Waals surface area (Å²) in [6, 6.07) is 4.37. The van der Waals surface area contributed by atoms with Crippen molar-refractivity contribution in [1.82, 2.24) is 0 Å². The van der Waals surface area contributed by atoms with Crippen LogP contribution >= 0.6 is 8.19 Å². The van der Waals surface area contributed by atoms with Gasteiger partial charge in [-0.05, 0) is 11.1 Å². The maximum absolute atomic E-state index is 2.24. The predicted octanol–water partition coefficient (Wildman–Crippen LogP) is 2.93. The fourth-order valence-electron chi connectivity index (χ4n) is 1.19. The maximum Gasteiger partial charge on any atom is 0.0239 e. The van der Waals surface area contributed by atoms with Gasteiger partial charge in [0.2, 0.25) is 0 Å². The van der Waals surface area contributed by atoms with Gasteiger partial charge in [-0.2, -0.15) is 0 Å². The van der Waals surface area contributed by atoms with E-state index < -0.39 is 0 Å². The second-order valence-corrected chi connectivity index (χ2v) is 3.62. The van der Waals surface area contributed by atoms with Gasteiger partial charge in [0, 0.05) is 5.92 Å². The Kier molecular flexibility index (Phi) is 1.49. The summed E-state index contributed by atoms with van der Waals surface area (Å²) in [5.74, 6) is 2.84. The number of allylic oxidation sites excluding steroid dienone is 4. The highest BCUT2D eigenvalue weighted by atomic mass is 31.0. The van der Waals surface area contributed by atoms with Gasteiger partial charge in [0.05, 0.1) is 0 Å². The zero-order chi connectivity index (χ0) is 6.81. The van der Waals surface area contributed by atoms with Gasteiger partial charge >= 0.3 is 0 Å². The first-order valence-corrected chi connectivity index (χ1v) is 4.53. The SMILES string of the molecule is C1=CC(c2ccc[pH]2)C=C1. The van der Waals surface area contributed by atoms with E-state index in [0.29, 0.717) is 5.92 Å². The van der Waals surface area contributed by atoms with Crippen LogP contribution in [0.15, 0.2) is 42.2 Å². The topological polar surface area (TPSA) is 0 Å². The van der Waals surface area contributed by atoms with Crippen molar-refractivity contribution in [3.05, 3.63) is 47.5 Å². The molecule has 0 aliphatic heterocycles. The van der Waals surface area contributed by atoms with Crippen LogP contribution in [0.2, 0.25) is 0 Å². The molecular weight excluding hydrogens is 139 g/mol. The summed E-state index contributed by atoms with van der Waals surface area (Å²) in [5, 5.41) is 1.55. The molecule has 0 amide bonds. The van der Waals surface area contributed by atoms with E-state index in [1.807, 2.05) is 0 Å². The summed E-state index contributed by atoms with van der Waals surface area (Å²) in [6.45, 7) is 0. The second kappa shape index (κ2) is 2.48. The van der Waals surface area contributed by atoms with Crippen molar-refractivity contribution >= 4 is 8.19 Å². The minimum atomic E-state index is 0.605.